The summed E-state index contributed by atoms with van der Waals surface area (Å²) in [5.74, 6) is -0.324. The zero-order valence-electron chi connectivity index (χ0n) is 9.31. The second-order valence-electron chi connectivity index (χ2n) is 3.77. The topological polar surface area (TPSA) is 94.0 Å². The smallest absolute Gasteiger partial charge is 0.219 e. The van der Waals surface area contributed by atoms with Crippen molar-refractivity contribution in [2.45, 2.75) is 6.42 Å². The number of nitrogen functional groups attached to an aromatic ring is 1. The minimum atomic E-state index is -0.324. The van der Waals surface area contributed by atoms with Gasteiger partial charge in [-0.3, -0.25) is 9.78 Å². The predicted molar refractivity (Wildman–Crippen MR) is 68.5 cm³/mol. The van der Waals surface area contributed by atoms with Gasteiger partial charge >= 0.3 is 0 Å². The van der Waals surface area contributed by atoms with E-state index in [2.05, 4.69) is 10.3 Å². The molecule has 0 saturated carbocycles. The molecule has 0 spiro atoms. The molecule has 1 aromatic carbocycles. The number of nitrogens with two attached hydrogens (primary N) is 2. The number of fused-ring (bicyclic) bond motifs is 1. The van der Waals surface area contributed by atoms with Crippen LogP contribution in [0.3, 0.4) is 0 Å². The summed E-state index contributed by atoms with van der Waals surface area (Å²) >= 11 is 0. The first kappa shape index (κ1) is 11.2. The molecule has 0 aliphatic carbocycles. The van der Waals surface area contributed by atoms with E-state index in [0.29, 0.717) is 18.7 Å². The highest BCUT2D eigenvalue weighted by Crippen LogP contribution is 2.27. The van der Waals surface area contributed by atoms with Gasteiger partial charge in [-0.05, 0) is 18.2 Å². The quantitative estimate of drug-likeness (QED) is 0.685. The van der Waals surface area contributed by atoms with Crippen LogP contribution in [0.25, 0.3) is 10.8 Å². The Morgan fingerprint density at radius 2 is 2.12 bits per heavy atom. The molecule has 5 nitrogen and oxygen atoms in total. The fraction of sp³-hybridized carbons (Fsp3) is 0.167. The monoisotopic (exact) mass is 230 g/mol. The Kier molecular flexibility index (Phi) is 3.09. The molecule has 0 unspecified atom stereocenters. The van der Waals surface area contributed by atoms with Gasteiger partial charge < -0.3 is 16.8 Å². The van der Waals surface area contributed by atoms with Crippen molar-refractivity contribution in [2.75, 3.05) is 17.6 Å². The summed E-state index contributed by atoms with van der Waals surface area (Å²) in [6.45, 7) is 0.503. The zero-order chi connectivity index (χ0) is 12.3. The van der Waals surface area contributed by atoms with Gasteiger partial charge in [0, 0.05) is 47.5 Å². The molecule has 5 heteroatoms. The van der Waals surface area contributed by atoms with Crippen LogP contribution in [0.2, 0.25) is 0 Å². The van der Waals surface area contributed by atoms with E-state index in [4.69, 9.17) is 11.5 Å². The molecule has 0 bridgehead atoms. The van der Waals surface area contributed by atoms with Crippen molar-refractivity contribution in [2.24, 2.45) is 5.73 Å². The summed E-state index contributed by atoms with van der Waals surface area (Å²) < 4.78 is 0. The minimum Gasteiger partial charge on any atom is -0.398 e. The van der Waals surface area contributed by atoms with E-state index in [1.54, 1.807) is 12.4 Å². The van der Waals surface area contributed by atoms with Gasteiger partial charge in [-0.1, -0.05) is 0 Å². The Bertz CT molecular complexity index is 553. The number of carbonyl (C=O) groups excluding carboxylic acids is 1. The first-order chi connectivity index (χ1) is 8.18. The largest absolute Gasteiger partial charge is 0.398 e. The molecule has 2 rings (SSSR count). The van der Waals surface area contributed by atoms with Crippen molar-refractivity contribution in [3.63, 3.8) is 0 Å². The van der Waals surface area contributed by atoms with Crippen LogP contribution in [0, 0.1) is 0 Å². The van der Waals surface area contributed by atoms with Gasteiger partial charge in [0.15, 0.2) is 0 Å². The number of carbonyl (C=O) groups is 1. The van der Waals surface area contributed by atoms with Crippen molar-refractivity contribution in [3.8, 4) is 0 Å². The lowest BCUT2D eigenvalue weighted by Crippen LogP contribution is -2.15. The van der Waals surface area contributed by atoms with Crippen LogP contribution >= 0.6 is 0 Å². The number of aromatic nitrogens is 1. The molecule has 17 heavy (non-hydrogen) atoms. The Balaban J connectivity index is 2.28. The maximum Gasteiger partial charge on any atom is 0.219 e. The normalized spacial score (nSPS) is 10.4. The van der Waals surface area contributed by atoms with Crippen LogP contribution in [0.1, 0.15) is 6.42 Å². The molecule has 1 aromatic heterocycles. The average molecular weight is 230 g/mol. The number of rotatable bonds is 4. The van der Waals surface area contributed by atoms with Crippen molar-refractivity contribution in [3.05, 3.63) is 30.6 Å². The lowest BCUT2D eigenvalue weighted by molar-refractivity contribution is -0.117. The third kappa shape index (κ3) is 2.44. The van der Waals surface area contributed by atoms with Crippen LogP contribution in [0.4, 0.5) is 11.4 Å². The Labute approximate surface area is 98.8 Å². The number of nitrogens with zero attached hydrogens (tertiary/aromatic N) is 1. The second kappa shape index (κ2) is 4.69. The molecule has 88 valence electrons. The number of hydrogen-bond donors (Lipinski definition) is 3. The SMILES string of the molecule is NC(=O)CCNc1ccc(N)c2ccncc12. The van der Waals surface area contributed by atoms with Crippen LogP contribution in [0.15, 0.2) is 30.6 Å². The van der Waals surface area contributed by atoms with Gasteiger partial charge in [-0.25, -0.2) is 0 Å². The van der Waals surface area contributed by atoms with E-state index >= 15 is 0 Å². The lowest BCUT2D eigenvalue weighted by Gasteiger charge is -2.10. The van der Waals surface area contributed by atoms with E-state index in [1.807, 2.05) is 18.2 Å². The molecule has 2 aromatic rings. The highest BCUT2D eigenvalue weighted by Gasteiger charge is 2.03. The van der Waals surface area contributed by atoms with Crippen molar-refractivity contribution < 1.29 is 4.79 Å². The van der Waals surface area contributed by atoms with E-state index in [0.717, 1.165) is 16.5 Å². The summed E-state index contributed by atoms with van der Waals surface area (Å²) in [5.41, 5.74) is 12.6. The van der Waals surface area contributed by atoms with Crippen LogP contribution in [0.5, 0.6) is 0 Å². The van der Waals surface area contributed by atoms with Crippen LogP contribution in [-0.2, 0) is 4.79 Å². The molecular formula is C12H14N4O. The summed E-state index contributed by atoms with van der Waals surface area (Å²) in [6, 6.07) is 5.57. The van der Waals surface area contributed by atoms with Crippen molar-refractivity contribution >= 4 is 28.1 Å². The van der Waals surface area contributed by atoms with Crippen LogP contribution < -0.4 is 16.8 Å². The van der Waals surface area contributed by atoms with Gasteiger partial charge in [-0.15, -0.1) is 0 Å². The summed E-state index contributed by atoms with van der Waals surface area (Å²) in [7, 11) is 0. The zero-order valence-corrected chi connectivity index (χ0v) is 9.31. The third-order valence-corrected chi connectivity index (χ3v) is 2.54. The number of hydrogen-bond acceptors (Lipinski definition) is 4. The molecular weight excluding hydrogens is 216 g/mol. The average Bonchev–Trinajstić information content (AvgIpc) is 2.32. The van der Waals surface area contributed by atoms with E-state index in [1.165, 1.54) is 0 Å². The fourth-order valence-electron chi connectivity index (χ4n) is 1.69. The van der Waals surface area contributed by atoms with Gasteiger partial charge in [-0.2, -0.15) is 0 Å². The van der Waals surface area contributed by atoms with Gasteiger partial charge in [0.2, 0.25) is 5.91 Å². The number of amides is 1. The molecule has 0 aliphatic heterocycles. The number of nitrogens with one attached hydrogen (secondary N) is 1. The molecule has 5 N–H and O–H groups in total. The Hall–Kier alpha value is -2.30. The third-order valence-electron chi connectivity index (χ3n) is 2.54. The summed E-state index contributed by atoms with van der Waals surface area (Å²) in [6.07, 6.45) is 3.75. The maximum absolute atomic E-state index is 10.7. The molecule has 1 heterocycles. The number of pyridine rings is 1. The summed E-state index contributed by atoms with van der Waals surface area (Å²) in [5, 5.41) is 5.04. The molecule has 1 amide bonds. The van der Waals surface area contributed by atoms with Crippen molar-refractivity contribution in [1.82, 2.24) is 4.98 Å². The highest BCUT2D eigenvalue weighted by atomic mass is 16.1. The van der Waals surface area contributed by atoms with E-state index < -0.39 is 0 Å². The fourth-order valence-corrected chi connectivity index (χ4v) is 1.69. The second-order valence-corrected chi connectivity index (χ2v) is 3.77. The minimum absolute atomic E-state index is 0.298. The number of primary amides is 1. The summed E-state index contributed by atoms with van der Waals surface area (Å²) in [4.78, 5) is 14.7. The molecule has 0 radical (unpaired) electrons. The first-order valence-electron chi connectivity index (χ1n) is 5.33. The maximum atomic E-state index is 10.7. The van der Waals surface area contributed by atoms with Gasteiger partial charge in [0.25, 0.3) is 0 Å². The highest BCUT2D eigenvalue weighted by molar-refractivity contribution is 6.00. The molecule has 0 saturated heterocycles. The number of benzene rings is 1. The van der Waals surface area contributed by atoms with Gasteiger partial charge in [0.05, 0.1) is 0 Å². The predicted octanol–water partition coefficient (Wildman–Crippen LogP) is 1.10. The van der Waals surface area contributed by atoms with Crippen LogP contribution in [-0.4, -0.2) is 17.4 Å². The Morgan fingerprint density at radius 1 is 1.29 bits per heavy atom. The first-order valence-corrected chi connectivity index (χ1v) is 5.33. The molecule has 0 atom stereocenters. The van der Waals surface area contributed by atoms with E-state index in [9.17, 15) is 4.79 Å². The standard InChI is InChI=1S/C12H14N4O/c13-10-1-2-11(16-6-4-12(14)17)9-7-15-5-3-8(9)10/h1-3,5,7,16H,4,6,13H2,(H2,14,17). The van der Waals surface area contributed by atoms with E-state index in [-0.39, 0.29) is 5.91 Å². The Morgan fingerprint density at radius 3 is 2.88 bits per heavy atom. The number of anilines is 2. The molecule has 0 aliphatic rings. The lowest BCUT2D eigenvalue weighted by atomic mass is 10.1. The van der Waals surface area contributed by atoms with Crippen molar-refractivity contribution in [1.29, 1.82) is 0 Å². The molecule has 0 fully saturated rings. The van der Waals surface area contributed by atoms with Gasteiger partial charge in [0.1, 0.15) is 0 Å².